The molecule has 94 valence electrons. The highest BCUT2D eigenvalue weighted by molar-refractivity contribution is 5.73. The molecular formula is C13H14FN3O. The summed E-state index contributed by atoms with van der Waals surface area (Å²) in [6, 6.07) is 6.07. The maximum absolute atomic E-state index is 12.9. The Morgan fingerprint density at radius 3 is 2.56 bits per heavy atom. The zero-order chi connectivity index (χ0) is 13.1. The van der Waals surface area contributed by atoms with Crippen LogP contribution in [-0.4, -0.2) is 16.2 Å². The predicted molar refractivity (Wildman–Crippen MR) is 67.3 cm³/mol. The fourth-order valence-electron chi connectivity index (χ4n) is 1.88. The van der Waals surface area contributed by atoms with E-state index in [1.165, 1.54) is 12.1 Å². The molecule has 0 atom stereocenters. The van der Waals surface area contributed by atoms with Gasteiger partial charge < -0.3 is 5.32 Å². The number of aromatic nitrogens is 2. The Morgan fingerprint density at radius 1 is 1.33 bits per heavy atom. The van der Waals surface area contributed by atoms with Crippen LogP contribution in [0.3, 0.4) is 0 Å². The lowest BCUT2D eigenvalue weighted by molar-refractivity contribution is -0.105. The number of nitrogens with zero attached hydrogens (tertiary/aromatic N) is 2. The van der Waals surface area contributed by atoms with Gasteiger partial charge in [-0.05, 0) is 30.2 Å². The molecule has 0 spiro atoms. The molecule has 1 amide bonds. The molecule has 0 saturated carbocycles. The molecule has 0 aliphatic rings. The second-order valence-corrected chi connectivity index (χ2v) is 4.25. The van der Waals surface area contributed by atoms with Gasteiger partial charge in [0, 0.05) is 0 Å². The van der Waals surface area contributed by atoms with Gasteiger partial charge in [0.2, 0.25) is 6.41 Å². The first-order valence-electron chi connectivity index (χ1n) is 5.67. The van der Waals surface area contributed by atoms with Gasteiger partial charge in [0.25, 0.3) is 0 Å². The van der Waals surface area contributed by atoms with Crippen molar-refractivity contribution in [2.45, 2.75) is 19.8 Å². The van der Waals surface area contributed by atoms with Gasteiger partial charge >= 0.3 is 0 Å². The minimum Gasteiger partial charge on any atom is -0.326 e. The zero-order valence-corrected chi connectivity index (χ0v) is 10.2. The van der Waals surface area contributed by atoms with Crippen LogP contribution >= 0.6 is 0 Å². The zero-order valence-electron chi connectivity index (χ0n) is 10.2. The average molecular weight is 247 g/mol. The fourth-order valence-corrected chi connectivity index (χ4v) is 1.88. The van der Waals surface area contributed by atoms with E-state index in [-0.39, 0.29) is 11.7 Å². The molecule has 0 fully saturated rings. The molecular weight excluding hydrogens is 233 g/mol. The maximum Gasteiger partial charge on any atom is 0.211 e. The largest absolute Gasteiger partial charge is 0.326 e. The van der Waals surface area contributed by atoms with Crippen LogP contribution in [0.2, 0.25) is 0 Å². The molecule has 18 heavy (non-hydrogen) atoms. The maximum atomic E-state index is 12.9. The summed E-state index contributed by atoms with van der Waals surface area (Å²) in [7, 11) is 0. The normalized spacial score (nSPS) is 10.7. The van der Waals surface area contributed by atoms with Gasteiger partial charge in [0.1, 0.15) is 5.82 Å². The van der Waals surface area contributed by atoms with Crippen molar-refractivity contribution in [3.05, 3.63) is 42.0 Å². The summed E-state index contributed by atoms with van der Waals surface area (Å²) >= 11 is 0. The van der Waals surface area contributed by atoms with E-state index in [0.717, 1.165) is 11.4 Å². The summed E-state index contributed by atoms with van der Waals surface area (Å²) in [6.45, 7) is 4.01. The summed E-state index contributed by atoms with van der Waals surface area (Å²) in [6.07, 6.45) is 2.21. The number of amides is 1. The molecule has 0 unspecified atom stereocenters. The molecule has 1 heterocycles. The van der Waals surface area contributed by atoms with Crippen LogP contribution in [-0.2, 0) is 4.79 Å². The Balaban J connectivity index is 2.50. The Bertz CT molecular complexity index is 546. The van der Waals surface area contributed by atoms with Crippen molar-refractivity contribution < 1.29 is 9.18 Å². The van der Waals surface area contributed by atoms with E-state index in [1.54, 1.807) is 23.0 Å². The van der Waals surface area contributed by atoms with Crippen LogP contribution in [0.25, 0.3) is 5.69 Å². The number of rotatable bonds is 4. The third kappa shape index (κ3) is 2.25. The van der Waals surface area contributed by atoms with Gasteiger partial charge in [-0.3, -0.25) is 4.79 Å². The lowest BCUT2D eigenvalue weighted by Gasteiger charge is -2.12. The first kappa shape index (κ1) is 12.3. The highest BCUT2D eigenvalue weighted by Crippen LogP contribution is 2.26. The summed E-state index contributed by atoms with van der Waals surface area (Å²) in [5, 5.41) is 6.85. The molecule has 2 rings (SSSR count). The fraction of sp³-hybridized carbons (Fsp3) is 0.231. The topological polar surface area (TPSA) is 46.9 Å². The number of hydrogen-bond donors (Lipinski definition) is 1. The number of nitrogens with one attached hydrogen (secondary N) is 1. The predicted octanol–water partition coefficient (Wildman–Crippen LogP) is 2.70. The minimum atomic E-state index is -0.289. The molecule has 0 aliphatic heterocycles. The Hall–Kier alpha value is -2.17. The highest BCUT2D eigenvalue weighted by Gasteiger charge is 2.15. The number of carbonyl (C=O) groups excluding carboxylic acids is 1. The van der Waals surface area contributed by atoms with Crippen LogP contribution in [0, 0.1) is 5.82 Å². The van der Waals surface area contributed by atoms with Crippen LogP contribution in [0.1, 0.15) is 25.5 Å². The smallest absolute Gasteiger partial charge is 0.211 e. The highest BCUT2D eigenvalue weighted by atomic mass is 19.1. The van der Waals surface area contributed by atoms with E-state index in [1.807, 2.05) is 13.8 Å². The van der Waals surface area contributed by atoms with E-state index in [4.69, 9.17) is 0 Å². The van der Waals surface area contributed by atoms with Crippen molar-refractivity contribution in [2.75, 3.05) is 5.32 Å². The van der Waals surface area contributed by atoms with Gasteiger partial charge in [-0.1, -0.05) is 13.8 Å². The Morgan fingerprint density at radius 2 is 2.00 bits per heavy atom. The molecule has 4 nitrogen and oxygen atoms in total. The van der Waals surface area contributed by atoms with Crippen molar-refractivity contribution >= 4 is 12.1 Å². The molecule has 1 aromatic carbocycles. The van der Waals surface area contributed by atoms with Crippen LogP contribution < -0.4 is 5.32 Å². The molecule has 5 heteroatoms. The first-order valence-corrected chi connectivity index (χ1v) is 5.67. The van der Waals surface area contributed by atoms with Crippen LogP contribution in [0.5, 0.6) is 0 Å². The first-order chi connectivity index (χ1) is 8.63. The van der Waals surface area contributed by atoms with Crippen LogP contribution in [0.15, 0.2) is 30.5 Å². The minimum absolute atomic E-state index is 0.181. The summed E-state index contributed by atoms with van der Waals surface area (Å²) in [5.74, 6) is -0.108. The van der Waals surface area contributed by atoms with Gasteiger partial charge in [-0.25, -0.2) is 9.07 Å². The third-order valence-corrected chi connectivity index (χ3v) is 2.64. The SMILES string of the molecule is CC(C)c1c(NC=O)cnn1-c1ccc(F)cc1. The van der Waals surface area contributed by atoms with Gasteiger partial charge in [0.15, 0.2) is 0 Å². The lowest BCUT2D eigenvalue weighted by atomic mass is 10.1. The number of anilines is 1. The average Bonchev–Trinajstić information content (AvgIpc) is 2.74. The van der Waals surface area contributed by atoms with Gasteiger partial charge in [0.05, 0.1) is 23.3 Å². The molecule has 1 aromatic heterocycles. The van der Waals surface area contributed by atoms with Gasteiger partial charge in [-0.15, -0.1) is 0 Å². The molecule has 0 aliphatic carbocycles. The van der Waals surface area contributed by atoms with Crippen molar-refractivity contribution in [2.24, 2.45) is 0 Å². The van der Waals surface area contributed by atoms with Crippen LogP contribution in [0.4, 0.5) is 10.1 Å². The molecule has 0 saturated heterocycles. The van der Waals surface area contributed by atoms with E-state index < -0.39 is 0 Å². The number of carbonyl (C=O) groups is 1. The molecule has 0 bridgehead atoms. The van der Waals surface area contributed by atoms with Crippen molar-refractivity contribution in [1.29, 1.82) is 0 Å². The van der Waals surface area contributed by atoms with E-state index in [2.05, 4.69) is 10.4 Å². The van der Waals surface area contributed by atoms with Crippen molar-refractivity contribution in [3.63, 3.8) is 0 Å². The van der Waals surface area contributed by atoms with Crippen molar-refractivity contribution in [3.8, 4) is 5.69 Å². The van der Waals surface area contributed by atoms with E-state index >= 15 is 0 Å². The second kappa shape index (κ2) is 5.00. The Kier molecular flexibility index (Phi) is 3.41. The second-order valence-electron chi connectivity index (χ2n) is 4.25. The number of benzene rings is 1. The monoisotopic (exact) mass is 247 g/mol. The summed E-state index contributed by atoms with van der Waals surface area (Å²) in [4.78, 5) is 10.5. The lowest BCUT2D eigenvalue weighted by Crippen LogP contribution is -2.06. The van der Waals surface area contributed by atoms with Crippen molar-refractivity contribution in [1.82, 2.24) is 9.78 Å². The third-order valence-electron chi connectivity index (χ3n) is 2.64. The summed E-state index contributed by atoms with van der Waals surface area (Å²) < 4.78 is 14.6. The summed E-state index contributed by atoms with van der Waals surface area (Å²) in [5.41, 5.74) is 2.32. The number of hydrogen-bond acceptors (Lipinski definition) is 2. The molecule has 0 radical (unpaired) electrons. The standard InChI is InChI=1S/C13H14FN3O/c1-9(2)13-12(15-8-18)7-16-17(13)11-5-3-10(14)4-6-11/h3-9H,1-2H3,(H,15,18). The van der Waals surface area contributed by atoms with E-state index in [9.17, 15) is 9.18 Å². The molecule has 2 aromatic rings. The Labute approximate surface area is 104 Å². The molecule has 1 N–H and O–H groups in total. The quantitative estimate of drug-likeness (QED) is 0.844. The number of halogens is 1. The van der Waals surface area contributed by atoms with Gasteiger partial charge in [-0.2, -0.15) is 5.10 Å². The van der Waals surface area contributed by atoms with E-state index in [0.29, 0.717) is 12.1 Å².